The molecule has 20 heteroatoms. The summed E-state index contributed by atoms with van der Waals surface area (Å²) in [4.78, 5) is 3.76. The molecule has 1 N–H and O–H groups in total. The van der Waals surface area contributed by atoms with Crippen molar-refractivity contribution in [2.45, 2.75) is 0 Å². The molecular formula is C4H6B17N2O. The third-order valence-electron chi connectivity index (χ3n) is 3.58. The van der Waals surface area contributed by atoms with Crippen molar-refractivity contribution in [3.05, 3.63) is 12.7 Å². The van der Waals surface area contributed by atoms with Gasteiger partial charge in [-0.15, -0.1) is 0 Å². The summed E-state index contributed by atoms with van der Waals surface area (Å²) in [6, 6.07) is 0. The van der Waals surface area contributed by atoms with E-state index in [-0.39, 0.29) is 0 Å². The Morgan fingerprint density at radius 1 is 0.917 bits per heavy atom. The Labute approximate surface area is 161 Å². The summed E-state index contributed by atoms with van der Waals surface area (Å²) in [5, 5.41) is 2.80. The van der Waals surface area contributed by atoms with Gasteiger partial charge in [-0.25, -0.2) is 0 Å². The van der Waals surface area contributed by atoms with E-state index in [1.165, 1.54) is 13.5 Å². The maximum Gasteiger partial charge on any atom is 0.182 e. The van der Waals surface area contributed by atoms with Crippen LogP contribution in [0.3, 0.4) is 0 Å². The molecule has 0 atom stereocenters. The minimum atomic E-state index is -0.796. The van der Waals surface area contributed by atoms with Gasteiger partial charge in [0.1, 0.15) is 6.26 Å². The normalized spacial score (nSPS) is 8.88. The fraction of sp³-hybridized carbons (Fsp3) is 0.250. The average molecular weight is 282 g/mol. The number of rotatable bonds is 8. The molecule has 0 saturated heterocycles. The van der Waals surface area contributed by atoms with Crippen LogP contribution in [-0.2, 0) is 0 Å². The number of anilines is 1. The van der Waals surface area contributed by atoms with Crippen molar-refractivity contribution in [2.75, 3.05) is 12.4 Å². The summed E-state index contributed by atoms with van der Waals surface area (Å²) >= 11 is 0. The molecule has 1 heterocycles. The van der Waals surface area contributed by atoms with Gasteiger partial charge < -0.3 is 9.73 Å². The summed E-state index contributed by atoms with van der Waals surface area (Å²) in [5.41, 5.74) is 0. The molecule has 0 saturated carbocycles. The minimum absolute atomic E-state index is 0.482. The van der Waals surface area contributed by atoms with Crippen molar-refractivity contribution in [3.63, 3.8) is 0 Å². The lowest BCUT2D eigenvalue weighted by Crippen LogP contribution is -2.76. The molecular weight excluding hydrogens is 276 g/mol. The van der Waals surface area contributed by atoms with Gasteiger partial charge in [-0.05, 0) is 0 Å². The van der Waals surface area contributed by atoms with E-state index in [2.05, 4.69) is 14.7 Å². The monoisotopic (exact) mass is 285 g/mol. The lowest BCUT2D eigenvalue weighted by atomic mass is 8.43. The molecule has 0 aliphatic heterocycles. The Morgan fingerprint density at radius 3 is 1.62 bits per heavy atom. The highest BCUT2D eigenvalue weighted by molar-refractivity contribution is 8.15. The van der Waals surface area contributed by atoms with E-state index in [0.29, 0.717) is 0 Å². The molecule has 0 bridgehead atoms. The van der Waals surface area contributed by atoms with E-state index in [4.69, 9.17) is 69.6 Å². The quantitative estimate of drug-likeness (QED) is 0.483. The lowest BCUT2D eigenvalue weighted by molar-refractivity contribution is 0.558. The second-order valence-corrected chi connectivity index (χ2v) is 5.36. The number of hydrogen-bond donors (Lipinski definition) is 1. The van der Waals surface area contributed by atoms with Gasteiger partial charge in [-0.3, -0.25) is 0 Å². The second kappa shape index (κ2) is 12.5. The van der Waals surface area contributed by atoms with Crippen molar-refractivity contribution < 1.29 is 4.42 Å². The molecule has 0 aliphatic rings. The van der Waals surface area contributed by atoms with E-state index in [1.807, 2.05) is 0 Å². The fourth-order valence-corrected chi connectivity index (χ4v) is 2.39. The summed E-state index contributed by atoms with van der Waals surface area (Å²) in [6.07, 6.45) is -1.74. The van der Waals surface area contributed by atoms with Gasteiger partial charge in [0.2, 0.25) is 0 Å². The molecule has 0 amide bonds. The highest BCUT2D eigenvalue weighted by Gasteiger charge is 2.39. The van der Waals surface area contributed by atoms with Gasteiger partial charge in [0.05, 0.1) is 0 Å². The molecule has 0 fully saturated rings. The van der Waals surface area contributed by atoms with Gasteiger partial charge in [0.25, 0.3) is 0 Å². The smallest absolute Gasteiger partial charge is 0.182 e. The Morgan fingerprint density at radius 2 is 1.42 bits per heavy atom. The Hall–Kier alpha value is 0.114. The van der Waals surface area contributed by atoms with Gasteiger partial charge in [0, 0.05) is 128 Å². The fourth-order valence-electron chi connectivity index (χ4n) is 2.39. The van der Waals surface area contributed by atoms with E-state index >= 15 is 0 Å². The van der Waals surface area contributed by atoms with Gasteiger partial charge >= 0.3 is 0 Å². The predicted molar refractivity (Wildman–Crippen MR) is 124 cm³/mol. The Balaban J connectivity index is 0.000000620. The van der Waals surface area contributed by atoms with Gasteiger partial charge in [-0.2, -0.15) is 4.98 Å². The molecule has 19 radical (unpaired) electrons. The first kappa shape index (κ1) is 24.1. The first-order chi connectivity index (χ1) is 11.2. The molecule has 1 aromatic rings. The van der Waals surface area contributed by atoms with Crippen LogP contribution in [0.15, 0.2) is 17.1 Å². The van der Waals surface area contributed by atoms with Crippen LogP contribution in [0.1, 0.15) is 0 Å². The van der Waals surface area contributed by atoms with E-state index in [1.54, 1.807) is 13.3 Å². The Bertz CT molecular complexity index is 403. The summed E-state index contributed by atoms with van der Waals surface area (Å²) in [5.74, 6) is 0.764. The molecule has 1 aromatic heterocycles. The summed E-state index contributed by atoms with van der Waals surface area (Å²) < 4.78 is 4.63. The van der Waals surface area contributed by atoms with Crippen molar-refractivity contribution in [3.8, 4) is 0 Å². The van der Waals surface area contributed by atoms with Gasteiger partial charge in [0.15, 0.2) is 12.2 Å². The predicted octanol–water partition coefficient (Wildman–Crippen LogP) is -5.76. The van der Waals surface area contributed by atoms with Crippen LogP contribution in [0.2, 0.25) is 0 Å². The molecule has 3 nitrogen and oxygen atoms in total. The van der Waals surface area contributed by atoms with Crippen LogP contribution in [-0.4, -0.2) is 133 Å². The second-order valence-electron chi connectivity index (χ2n) is 5.36. The topological polar surface area (TPSA) is 38.1 Å². The van der Waals surface area contributed by atoms with Crippen LogP contribution >= 0.6 is 0 Å². The highest BCUT2D eigenvalue weighted by atomic mass is 16.3. The first-order valence-electron chi connectivity index (χ1n) is 7.33. The average Bonchev–Trinajstić information content (AvgIpc) is 2.99. The van der Waals surface area contributed by atoms with Crippen molar-refractivity contribution in [1.82, 2.24) is 4.98 Å². The molecule has 0 aliphatic carbocycles. The molecule has 24 heavy (non-hydrogen) atoms. The van der Waals surface area contributed by atoms with Crippen molar-refractivity contribution in [2.24, 2.45) is 0 Å². The minimum Gasteiger partial charge on any atom is -0.449 e. The highest BCUT2D eigenvalue weighted by Crippen LogP contribution is 2.01. The SMILES string of the molecule is CNc1cocn1.[B][B]B(B([B])[B])B(B([B])[B])B(B([B])[B])B([B])[B]. The third-order valence-corrected chi connectivity index (χ3v) is 3.58. The van der Waals surface area contributed by atoms with Crippen molar-refractivity contribution >= 4 is 127 Å². The number of nitrogens with zero attached hydrogens (tertiary/aromatic N) is 1. The molecule has 0 spiro atoms. The number of hydrogen-bond acceptors (Lipinski definition) is 3. The zero-order valence-electron chi connectivity index (χ0n) is 13.8. The Kier molecular flexibility index (Phi) is 12.5. The number of aromatic nitrogens is 1. The van der Waals surface area contributed by atoms with Crippen LogP contribution in [0.25, 0.3) is 0 Å². The zero-order chi connectivity index (χ0) is 18.9. The molecule has 1 rings (SSSR count). The van der Waals surface area contributed by atoms with E-state index in [0.717, 1.165) is 5.82 Å². The number of oxazole rings is 1. The first-order valence-corrected chi connectivity index (χ1v) is 7.33. The van der Waals surface area contributed by atoms with E-state index in [9.17, 15) is 0 Å². The van der Waals surface area contributed by atoms with Crippen LogP contribution in [0.4, 0.5) is 5.82 Å². The van der Waals surface area contributed by atoms with Gasteiger partial charge in [-0.1, -0.05) is 0 Å². The molecule has 0 unspecified atom stereocenters. The van der Waals surface area contributed by atoms with Crippen LogP contribution in [0.5, 0.6) is 0 Å². The number of nitrogens with one attached hydrogen (secondary N) is 1. The maximum atomic E-state index is 5.70. The van der Waals surface area contributed by atoms with Crippen molar-refractivity contribution in [1.29, 1.82) is 0 Å². The molecule has 0 aromatic carbocycles. The standard InChI is InChI=1S/C4H6N2O.B17/c1-5-4-2-7-3-6-4;1-10-15(11(2)3)17(14(8)9)16(12(4)5)13(6)7/h2-3,5H,1H3;. The maximum absolute atomic E-state index is 5.70. The lowest BCUT2D eigenvalue weighted by Gasteiger charge is -2.38. The van der Waals surface area contributed by atoms with Crippen LogP contribution in [0, 0.1) is 0 Å². The van der Waals surface area contributed by atoms with Crippen LogP contribution < -0.4 is 5.32 Å². The molecule has 89 valence electrons. The zero-order valence-corrected chi connectivity index (χ0v) is 13.8. The third kappa shape index (κ3) is 8.00. The summed E-state index contributed by atoms with van der Waals surface area (Å²) in [7, 11) is 53.8. The van der Waals surface area contributed by atoms with E-state index < -0.39 is 44.7 Å². The largest absolute Gasteiger partial charge is 0.449 e. The summed E-state index contributed by atoms with van der Waals surface area (Å²) in [6.45, 7) is 0.